The summed E-state index contributed by atoms with van der Waals surface area (Å²) in [6.07, 6.45) is 2.09. The van der Waals surface area contributed by atoms with Crippen LogP contribution in [0.25, 0.3) is 10.9 Å². The number of ether oxygens (including phenoxy) is 2. The molecule has 0 saturated heterocycles. The molecule has 0 saturated carbocycles. The van der Waals surface area contributed by atoms with E-state index >= 15 is 0 Å². The first kappa shape index (κ1) is 24.1. The van der Waals surface area contributed by atoms with Crippen LogP contribution in [0.5, 0.6) is 11.5 Å². The van der Waals surface area contributed by atoms with Crippen molar-refractivity contribution in [2.24, 2.45) is 5.10 Å². The lowest BCUT2D eigenvalue weighted by molar-refractivity contribution is 0.278. The molecule has 34 heavy (non-hydrogen) atoms. The molecule has 4 aromatic rings. The number of nitrogens with zero attached hydrogens (tertiary/aromatic N) is 3. The van der Waals surface area contributed by atoms with Crippen LogP contribution < -0.4 is 15.0 Å². The first-order valence-corrected chi connectivity index (χ1v) is 12.0. The average molecular weight is 589 g/mol. The number of hydrogen-bond donors (Lipinski definition) is 0. The molecular weight excluding hydrogens is 569 g/mol. The molecule has 0 aliphatic rings. The van der Waals surface area contributed by atoms with Crippen LogP contribution in [0.1, 0.15) is 23.9 Å². The summed E-state index contributed by atoms with van der Waals surface area (Å²) in [5.41, 5.74) is 1.47. The zero-order valence-corrected chi connectivity index (χ0v) is 21.6. The summed E-state index contributed by atoms with van der Waals surface area (Å²) in [7, 11) is 1.52. The Balaban J connectivity index is 1.67. The van der Waals surface area contributed by atoms with Crippen LogP contribution in [0, 0.1) is 5.82 Å². The lowest BCUT2D eigenvalue weighted by Gasteiger charge is -2.14. The highest BCUT2D eigenvalue weighted by Gasteiger charge is 2.14. The standard InChI is InChI=1S/C25H20Br2FN3O3/c1-3-23-30-21-9-8-17(26)12-18(21)25(32)31(23)29-13-15-10-19(27)24(22(11-15)33-2)34-14-16-6-4-5-7-20(16)28/h4-13H,3,14H2,1-2H3. The van der Waals surface area contributed by atoms with E-state index in [-0.39, 0.29) is 18.0 Å². The second kappa shape index (κ2) is 10.5. The van der Waals surface area contributed by atoms with Crippen molar-refractivity contribution in [1.29, 1.82) is 0 Å². The van der Waals surface area contributed by atoms with Crippen molar-refractivity contribution >= 4 is 49.0 Å². The maximum absolute atomic E-state index is 13.9. The van der Waals surface area contributed by atoms with Crippen LogP contribution in [-0.2, 0) is 13.0 Å². The molecule has 0 radical (unpaired) electrons. The molecule has 0 aliphatic carbocycles. The van der Waals surface area contributed by atoms with Gasteiger partial charge in [0.05, 0.1) is 28.7 Å². The summed E-state index contributed by atoms with van der Waals surface area (Å²) in [5.74, 6) is 1.09. The van der Waals surface area contributed by atoms with Crippen LogP contribution in [0.3, 0.4) is 0 Å². The van der Waals surface area contributed by atoms with E-state index in [9.17, 15) is 9.18 Å². The molecule has 1 aromatic heterocycles. The van der Waals surface area contributed by atoms with Crippen molar-refractivity contribution < 1.29 is 13.9 Å². The smallest absolute Gasteiger partial charge is 0.282 e. The first-order valence-electron chi connectivity index (χ1n) is 10.4. The molecule has 0 fully saturated rings. The highest BCUT2D eigenvalue weighted by Crippen LogP contribution is 2.37. The third-order valence-electron chi connectivity index (χ3n) is 5.10. The number of hydrogen-bond acceptors (Lipinski definition) is 5. The maximum atomic E-state index is 13.9. The highest BCUT2D eigenvalue weighted by molar-refractivity contribution is 9.10. The van der Waals surface area contributed by atoms with Gasteiger partial charge in [-0.15, -0.1) is 0 Å². The molecule has 9 heteroatoms. The van der Waals surface area contributed by atoms with Crippen LogP contribution in [0.4, 0.5) is 4.39 Å². The van der Waals surface area contributed by atoms with E-state index in [0.717, 1.165) is 4.47 Å². The lowest BCUT2D eigenvalue weighted by Crippen LogP contribution is -2.22. The van der Waals surface area contributed by atoms with Crippen molar-refractivity contribution in [3.8, 4) is 11.5 Å². The van der Waals surface area contributed by atoms with Gasteiger partial charge in [-0.1, -0.05) is 41.1 Å². The molecule has 6 nitrogen and oxygen atoms in total. The van der Waals surface area contributed by atoms with Gasteiger partial charge in [0, 0.05) is 16.5 Å². The molecule has 1 heterocycles. The van der Waals surface area contributed by atoms with E-state index in [1.165, 1.54) is 17.9 Å². The fourth-order valence-corrected chi connectivity index (χ4v) is 4.32. The summed E-state index contributed by atoms with van der Waals surface area (Å²) in [6.45, 7) is 1.96. The Labute approximate surface area is 212 Å². The number of aryl methyl sites for hydroxylation is 1. The Kier molecular flexibility index (Phi) is 7.43. The Hall–Kier alpha value is -3.04. The van der Waals surface area contributed by atoms with Crippen molar-refractivity contribution in [3.05, 3.63) is 96.7 Å². The summed E-state index contributed by atoms with van der Waals surface area (Å²) in [4.78, 5) is 17.7. The third kappa shape index (κ3) is 5.05. The van der Waals surface area contributed by atoms with Crippen molar-refractivity contribution in [1.82, 2.24) is 9.66 Å². The Bertz CT molecular complexity index is 1450. The topological polar surface area (TPSA) is 65.7 Å². The number of aromatic nitrogens is 2. The fourth-order valence-electron chi connectivity index (χ4n) is 3.39. The molecule has 0 amide bonds. The molecule has 0 aliphatic heterocycles. The monoisotopic (exact) mass is 587 g/mol. The van der Waals surface area contributed by atoms with Crippen molar-refractivity contribution in [2.75, 3.05) is 7.11 Å². The molecule has 3 aromatic carbocycles. The molecule has 0 bridgehead atoms. The molecule has 174 valence electrons. The van der Waals surface area contributed by atoms with Gasteiger partial charge >= 0.3 is 0 Å². The Morgan fingerprint density at radius 2 is 1.94 bits per heavy atom. The van der Waals surface area contributed by atoms with Crippen LogP contribution >= 0.6 is 31.9 Å². The Morgan fingerprint density at radius 1 is 1.15 bits per heavy atom. The predicted octanol–water partition coefficient (Wildman–Crippen LogP) is 6.09. The van der Waals surface area contributed by atoms with E-state index in [2.05, 4.69) is 41.9 Å². The van der Waals surface area contributed by atoms with Gasteiger partial charge in [0.1, 0.15) is 18.2 Å². The number of halogens is 3. The highest BCUT2D eigenvalue weighted by atomic mass is 79.9. The van der Waals surface area contributed by atoms with Gasteiger partial charge in [0.2, 0.25) is 0 Å². The van der Waals surface area contributed by atoms with Gasteiger partial charge in [-0.25, -0.2) is 9.37 Å². The van der Waals surface area contributed by atoms with Gasteiger partial charge < -0.3 is 9.47 Å². The first-order chi connectivity index (χ1) is 16.4. The Morgan fingerprint density at radius 3 is 2.68 bits per heavy atom. The minimum Gasteiger partial charge on any atom is -0.493 e. The van der Waals surface area contributed by atoms with Gasteiger partial charge in [-0.3, -0.25) is 4.79 Å². The number of fused-ring (bicyclic) bond motifs is 1. The number of methoxy groups -OCH3 is 1. The molecule has 4 rings (SSSR count). The quantitative estimate of drug-likeness (QED) is 0.245. The second-order valence-electron chi connectivity index (χ2n) is 7.32. The summed E-state index contributed by atoms with van der Waals surface area (Å²) in [6, 6.07) is 15.3. The van der Waals surface area contributed by atoms with Gasteiger partial charge in [0.15, 0.2) is 11.5 Å². The summed E-state index contributed by atoms with van der Waals surface area (Å²) in [5, 5.41) is 4.88. The molecular formula is C25H20Br2FN3O3. The minimum absolute atomic E-state index is 0.0443. The van der Waals surface area contributed by atoms with Crippen LogP contribution in [-0.4, -0.2) is 23.0 Å². The van der Waals surface area contributed by atoms with E-state index in [4.69, 9.17) is 9.47 Å². The van der Waals surface area contributed by atoms with E-state index in [0.29, 0.717) is 50.2 Å². The lowest BCUT2D eigenvalue weighted by atomic mass is 10.2. The minimum atomic E-state index is -0.338. The molecule has 0 N–H and O–H groups in total. The third-order valence-corrected chi connectivity index (χ3v) is 6.18. The van der Waals surface area contributed by atoms with Gasteiger partial charge in [-0.2, -0.15) is 9.78 Å². The molecule has 0 unspecified atom stereocenters. The zero-order valence-electron chi connectivity index (χ0n) is 18.4. The summed E-state index contributed by atoms with van der Waals surface area (Å²) >= 11 is 6.89. The van der Waals surface area contributed by atoms with E-state index in [1.54, 1.807) is 48.7 Å². The average Bonchev–Trinajstić information content (AvgIpc) is 2.83. The zero-order chi connectivity index (χ0) is 24.2. The van der Waals surface area contributed by atoms with Crippen molar-refractivity contribution in [3.63, 3.8) is 0 Å². The van der Waals surface area contributed by atoms with Crippen LogP contribution in [0.15, 0.2) is 73.4 Å². The SMILES string of the molecule is CCc1nc2ccc(Br)cc2c(=O)n1N=Cc1cc(Br)c(OCc2ccccc2F)c(OC)c1. The second-order valence-corrected chi connectivity index (χ2v) is 9.09. The van der Waals surface area contributed by atoms with E-state index in [1.807, 2.05) is 13.0 Å². The van der Waals surface area contributed by atoms with Crippen LogP contribution in [0.2, 0.25) is 0 Å². The number of rotatable bonds is 7. The normalized spacial score (nSPS) is 11.3. The summed E-state index contributed by atoms with van der Waals surface area (Å²) < 4.78 is 28.0. The fraction of sp³-hybridized carbons (Fsp3) is 0.160. The number of benzene rings is 3. The maximum Gasteiger partial charge on any atom is 0.282 e. The van der Waals surface area contributed by atoms with Gasteiger partial charge in [-0.05, 0) is 57.9 Å². The predicted molar refractivity (Wildman–Crippen MR) is 137 cm³/mol. The largest absolute Gasteiger partial charge is 0.493 e. The van der Waals surface area contributed by atoms with Crippen molar-refractivity contribution in [2.45, 2.75) is 20.0 Å². The van der Waals surface area contributed by atoms with E-state index < -0.39 is 0 Å². The van der Waals surface area contributed by atoms with Gasteiger partial charge in [0.25, 0.3) is 5.56 Å². The molecule has 0 spiro atoms. The molecule has 0 atom stereocenters.